The molecule has 4 rings (SSSR count). The summed E-state index contributed by atoms with van der Waals surface area (Å²) in [5.74, 6) is 0.772. The van der Waals surface area contributed by atoms with Gasteiger partial charge in [0.1, 0.15) is 29.9 Å². The van der Waals surface area contributed by atoms with Gasteiger partial charge in [-0.2, -0.15) is 0 Å². The zero-order chi connectivity index (χ0) is 21.4. The summed E-state index contributed by atoms with van der Waals surface area (Å²) in [5, 5.41) is 0.796. The summed E-state index contributed by atoms with van der Waals surface area (Å²) in [6, 6.07) is 0.455. The molecule has 1 fully saturated rings. The number of thiophene rings is 1. The molecule has 2 aliphatic rings. The number of alkyl halides is 2. The van der Waals surface area contributed by atoms with Crippen LogP contribution in [0, 0.1) is 0 Å². The van der Waals surface area contributed by atoms with Crippen molar-refractivity contribution in [3.63, 3.8) is 0 Å². The van der Waals surface area contributed by atoms with Gasteiger partial charge in [-0.3, -0.25) is 4.79 Å². The van der Waals surface area contributed by atoms with Crippen molar-refractivity contribution in [1.29, 1.82) is 0 Å². The van der Waals surface area contributed by atoms with Crippen LogP contribution in [-0.2, 0) is 16.1 Å². The first-order valence-corrected chi connectivity index (χ1v) is 10.3. The van der Waals surface area contributed by atoms with Crippen LogP contribution in [0.4, 0.5) is 24.4 Å². The molecule has 0 saturated carbocycles. The smallest absolute Gasteiger partial charge is 0.416 e. The Morgan fingerprint density at radius 3 is 2.97 bits per heavy atom. The minimum absolute atomic E-state index is 0.0720. The average Bonchev–Trinajstić information content (AvgIpc) is 3.36. The van der Waals surface area contributed by atoms with E-state index in [9.17, 15) is 18.4 Å². The van der Waals surface area contributed by atoms with Crippen LogP contribution in [-0.4, -0.2) is 60.3 Å². The van der Waals surface area contributed by atoms with Gasteiger partial charge in [-0.1, -0.05) is 6.92 Å². The van der Waals surface area contributed by atoms with Crippen LogP contribution in [0.3, 0.4) is 0 Å². The summed E-state index contributed by atoms with van der Waals surface area (Å²) >= 11 is 1.37. The summed E-state index contributed by atoms with van der Waals surface area (Å²) in [6.45, 7) is 3.12. The Bertz CT molecular complexity index is 963. The molecule has 0 spiro atoms. The third kappa shape index (κ3) is 3.66. The highest BCUT2D eigenvalue weighted by Crippen LogP contribution is 2.44. The first-order chi connectivity index (χ1) is 14.4. The van der Waals surface area contributed by atoms with E-state index in [0.717, 1.165) is 16.3 Å². The minimum atomic E-state index is -2.75. The summed E-state index contributed by atoms with van der Waals surface area (Å²) in [6.07, 6.45) is -1.21. The molecule has 2 aliphatic heterocycles. The normalized spacial score (nSPS) is 17.9. The number of nitrogens with two attached hydrogens (primary N) is 1. The second kappa shape index (κ2) is 8.09. The van der Waals surface area contributed by atoms with Gasteiger partial charge in [0, 0.05) is 18.8 Å². The predicted octanol–water partition coefficient (Wildman–Crippen LogP) is 2.30. The van der Waals surface area contributed by atoms with Gasteiger partial charge in [-0.05, 0) is 6.42 Å². The number of anilines is 2. The number of carbonyl (C=O) groups is 2. The van der Waals surface area contributed by atoms with Gasteiger partial charge >= 0.3 is 6.09 Å². The Balaban J connectivity index is 1.71. The Hall–Kier alpha value is -2.89. The van der Waals surface area contributed by atoms with E-state index in [1.54, 1.807) is 10.8 Å². The highest BCUT2D eigenvalue weighted by Gasteiger charge is 2.42. The molecule has 1 saturated heterocycles. The molecule has 1 atom stereocenters. The molecule has 30 heavy (non-hydrogen) atoms. The number of primary amides is 1. The molecule has 2 aromatic heterocycles. The Morgan fingerprint density at radius 1 is 1.47 bits per heavy atom. The molecule has 0 radical (unpaired) electrons. The fourth-order valence-electron chi connectivity index (χ4n) is 3.51. The number of aromatic nitrogens is 2. The monoisotopic (exact) mass is 441 g/mol. The Labute approximate surface area is 175 Å². The quantitative estimate of drug-likeness (QED) is 0.707. The van der Waals surface area contributed by atoms with Gasteiger partial charge in [0.15, 0.2) is 11.6 Å². The van der Waals surface area contributed by atoms with Crippen LogP contribution in [0.5, 0.6) is 5.75 Å². The number of ether oxygens (including phenoxy) is 2. The SMILES string of the molecule is CCCN(CC(N)=O)c1cc2c(s1)-c1nc(N3C(=O)OCC3C(F)F)cn1CCO2. The van der Waals surface area contributed by atoms with Gasteiger partial charge in [0.2, 0.25) is 5.91 Å². The average molecular weight is 441 g/mol. The lowest BCUT2D eigenvalue weighted by atomic mass is 10.3. The van der Waals surface area contributed by atoms with Crippen LogP contribution >= 0.6 is 11.3 Å². The largest absolute Gasteiger partial charge is 0.490 e. The molecule has 4 heterocycles. The van der Waals surface area contributed by atoms with Gasteiger partial charge in [0.05, 0.1) is 18.1 Å². The van der Waals surface area contributed by atoms with Gasteiger partial charge < -0.3 is 24.7 Å². The zero-order valence-electron chi connectivity index (χ0n) is 16.2. The van der Waals surface area contributed by atoms with E-state index in [1.165, 1.54) is 11.3 Å². The highest BCUT2D eigenvalue weighted by atomic mass is 32.1. The fraction of sp³-hybridized carbons (Fsp3) is 0.500. The molecule has 2 amide bonds. The molecule has 162 valence electrons. The van der Waals surface area contributed by atoms with Crippen molar-refractivity contribution in [2.45, 2.75) is 32.4 Å². The second-order valence-electron chi connectivity index (χ2n) is 6.98. The molecular formula is C18H21F2N5O4S. The van der Waals surface area contributed by atoms with Gasteiger partial charge in [-0.25, -0.2) is 23.5 Å². The number of nitrogens with zero attached hydrogens (tertiary/aromatic N) is 4. The molecule has 9 nitrogen and oxygen atoms in total. The number of cyclic esters (lactones) is 1. The van der Waals surface area contributed by atoms with Crippen LogP contribution < -0.4 is 20.3 Å². The predicted molar refractivity (Wildman–Crippen MR) is 106 cm³/mol. The topological polar surface area (TPSA) is 103 Å². The van der Waals surface area contributed by atoms with Gasteiger partial charge in [0.25, 0.3) is 6.43 Å². The summed E-state index contributed by atoms with van der Waals surface area (Å²) < 4.78 is 39.1. The number of hydrogen-bond acceptors (Lipinski definition) is 7. The van der Waals surface area contributed by atoms with Crippen LogP contribution in [0.25, 0.3) is 10.7 Å². The van der Waals surface area contributed by atoms with Crippen LogP contribution in [0.1, 0.15) is 13.3 Å². The van der Waals surface area contributed by atoms with Crippen molar-refractivity contribution in [3.05, 3.63) is 12.3 Å². The number of fused-ring (bicyclic) bond motifs is 3. The van der Waals surface area contributed by atoms with Gasteiger partial charge in [-0.15, -0.1) is 11.3 Å². The first-order valence-electron chi connectivity index (χ1n) is 9.50. The lowest BCUT2D eigenvalue weighted by molar-refractivity contribution is -0.116. The molecule has 1 unspecified atom stereocenters. The Morgan fingerprint density at radius 2 is 2.27 bits per heavy atom. The molecule has 2 aromatic rings. The van der Waals surface area contributed by atoms with E-state index in [4.69, 9.17) is 15.2 Å². The van der Waals surface area contributed by atoms with E-state index < -0.39 is 24.5 Å². The van der Waals surface area contributed by atoms with Crippen molar-refractivity contribution in [2.75, 3.05) is 36.1 Å². The summed E-state index contributed by atoms with van der Waals surface area (Å²) in [5.41, 5.74) is 5.37. The van der Waals surface area contributed by atoms with E-state index in [2.05, 4.69) is 4.98 Å². The zero-order valence-corrected chi connectivity index (χ0v) is 17.0. The number of rotatable bonds is 7. The number of carbonyl (C=O) groups excluding carboxylic acids is 2. The molecule has 0 aliphatic carbocycles. The van der Waals surface area contributed by atoms with E-state index in [1.807, 2.05) is 17.9 Å². The summed E-state index contributed by atoms with van der Waals surface area (Å²) in [7, 11) is 0. The highest BCUT2D eigenvalue weighted by molar-refractivity contribution is 7.19. The van der Waals surface area contributed by atoms with Crippen molar-refractivity contribution in [2.24, 2.45) is 5.73 Å². The minimum Gasteiger partial charge on any atom is -0.490 e. The van der Waals surface area contributed by atoms with Crippen molar-refractivity contribution < 1.29 is 27.8 Å². The van der Waals surface area contributed by atoms with Crippen LogP contribution in [0.2, 0.25) is 0 Å². The van der Waals surface area contributed by atoms with E-state index in [0.29, 0.717) is 36.1 Å². The lowest BCUT2D eigenvalue weighted by Gasteiger charge is -2.20. The standard InChI is InChI=1S/C18H21F2N5O4S/c1-2-3-23(7-12(21)26)14-6-11-15(30-14)17-22-13(8-24(17)4-5-28-11)25-10(16(19)20)9-29-18(25)27/h6,8,10,16H,2-5,7,9H2,1H3,(H2,21,26). The molecular weight excluding hydrogens is 420 g/mol. The number of hydrogen-bond donors (Lipinski definition) is 1. The maximum Gasteiger partial charge on any atom is 0.416 e. The fourth-order valence-corrected chi connectivity index (χ4v) is 4.65. The second-order valence-corrected chi connectivity index (χ2v) is 8.01. The van der Waals surface area contributed by atoms with E-state index in [-0.39, 0.29) is 19.0 Å². The first kappa shape index (κ1) is 20.4. The molecule has 2 N–H and O–H groups in total. The van der Waals surface area contributed by atoms with Crippen LogP contribution in [0.15, 0.2) is 12.3 Å². The maximum atomic E-state index is 13.3. The van der Waals surface area contributed by atoms with E-state index >= 15 is 0 Å². The lowest BCUT2D eigenvalue weighted by Crippen LogP contribution is -2.38. The Kier molecular flexibility index (Phi) is 5.50. The van der Waals surface area contributed by atoms with Crippen molar-refractivity contribution in [1.82, 2.24) is 9.55 Å². The number of imidazole rings is 1. The summed E-state index contributed by atoms with van der Waals surface area (Å²) in [4.78, 5) is 31.4. The molecule has 0 bridgehead atoms. The molecule has 12 heteroatoms. The molecule has 0 aromatic carbocycles. The van der Waals surface area contributed by atoms with Crippen molar-refractivity contribution in [3.8, 4) is 16.5 Å². The van der Waals surface area contributed by atoms with Crippen molar-refractivity contribution >= 4 is 34.2 Å². The third-order valence-electron chi connectivity index (χ3n) is 4.84. The third-order valence-corrected chi connectivity index (χ3v) is 6.01. The maximum absolute atomic E-state index is 13.3. The number of halogens is 2. The number of amides is 2.